The van der Waals surface area contributed by atoms with E-state index < -0.39 is 11.2 Å². The van der Waals surface area contributed by atoms with Gasteiger partial charge in [0.25, 0.3) is 5.56 Å². The van der Waals surface area contributed by atoms with Crippen LogP contribution in [0.25, 0.3) is 22.4 Å². The van der Waals surface area contributed by atoms with Crippen LogP contribution in [-0.2, 0) is 13.1 Å². The molecule has 0 aliphatic heterocycles. The Bertz CT molecular complexity index is 1330. The van der Waals surface area contributed by atoms with E-state index in [1.165, 1.54) is 15.3 Å². The molecule has 4 aromatic rings. The zero-order valence-corrected chi connectivity index (χ0v) is 17.3. The Morgan fingerprint density at radius 1 is 1.00 bits per heavy atom. The van der Waals surface area contributed by atoms with Crippen LogP contribution in [0.15, 0.2) is 64.3 Å². The van der Waals surface area contributed by atoms with Crippen LogP contribution in [0.1, 0.15) is 12.5 Å². The first-order chi connectivity index (χ1) is 14.5. The first kappa shape index (κ1) is 19.8. The van der Waals surface area contributed by atoms with E-state index >= 15 is 0 Å². The van der Waals surface area contributed by atoms with Crippen LogP contribution in [-0.4, -0.2) is 26.2 Å². The summed E-state index contributed by atoms with van der Waals surface area (Å²) in [6.07, 6.45) is 1.48. The second-order valence-electron chi connectivity index (χ2n) is 6.70. The molecule has 0 bridgehead atoms. The van der Waals surface area contributed by atoms with E-state index in [0.29, 0.717) is 28.4 Å². The van der Waals surface area contributed by atoms with Crippen LogP contribution in [0.3, 0.4) is 0 Å². The van der Waals surface area contributed by atoms with Gasteiger partial charge in [-0.25, -0.2) is 14.8 Å². The summed E-state index contributed by atoms with van der Waals surface area (Å²) in [5.41, 5.74) is 1.05. The Morgan fingerprint density at radius 3 is 2.33 bits per heavy atom. The van der Waals surface area contributed by atoms with E-state index in [1.807, 2.05) is 19.1 Å². The molecule has 4 rings (SSSR count). The molecule has 0 spiro atoms. The molecule has 2 aromatic carbocycles. The lowest BCUT2D eigenvalue weighted by Gasteiger charge is -2.13. The van der Waals surface area contributed by atoms with Crippen LogP contribution < -0.4 is 16.0 Å². The molecule has 0 fully saturated rings. The smallest absolute Gasteiger partial charge is 0.332 e. The normalized spacial score (nSPS) is 11.0. The molecule has 30 heavy (non-hydrogen) atoms. The third-order valence-corrected chi connectivity index (χ3v) is 5.13. The zero-order valence-electron chi connectivity index (χ0n) is 16.5. The third-order valence-electron chi connectivity index (χ3n) is 4.88. The van der Waals surface area contributed by atoms with Gasteiger partial charge in [-0.15, -0.1) is 0 Å². The molecule has 0 unspecified atom stereocenters. The maximum atomic E-state index is 13.1. The lowest BCUT2D eigenvalue weighted by atomic mass is 10.2. The van der Waals surface area contributed by atoms with Gasteiger partial charge in [0.05, 0.1) is 13.7 Å². The number of ether oxygens (including phenoxy) is 1. The summed E-state index contributed by atoms with van der Waals surface area (Å²) in [6.45, 7) is 2.35. The van der Waals surface area contributed by atoms with Crippen molar-refractivity contribution in [1.29, 1.82) is 0 Å². The zero-order chi connectivity index (χ0) is 21.3. The number of rotatable bonds is 5. The number of benzene rings is 2. The standard InChI is InChI=1S/C22H19ClN4O3/c1-3-26-20-18(12-24-19(25-20)15-6-10-17(30-2)11-7-15)21(28)27(22(26)29)13-14-4-8-16(23)9-5-14/h4-12H,3,13H2,1-2H3. The highest BCUT2D eigenvalue weighted by Gasteiger charge is 2.16. The Hall–Kier alpha value is -3.45. The minimum atomic E-state index is -0.420. The van der Waals surface area contributed by atoms with E-state index in [-0.39, 0.29) is 6.54 Å². The molecule has 8 heteroatoms. The summed E-state index contributed by atoms with van der Waals surface area (Å²) >= 11 is 5.93. The SMILES string of the molecule is CCn1c(=O)n(Cc2ccc(Cl)cc2)c(=O)c2cnc(-c3ccc(OC)cc3)nc21. The lowest BCUT2D eigenvalue weighted by Crippen LogP contribution is -2.40. The van der Waals surface area contributed by atoms with E-state index in [4.69, 9.17) is 16.3 Å². The van der Waals surface area contributed by atoms with E-state index in [2.05, 4.69) is 9.97 Å². The molecule has 2 heterocycles. The molecule has 2 aromatic heterocycles. The highest BCUT2D eigenvalue weighted by atomic mass is 35.5. The summed E-state index contributed by atoms with van der Waals surface area (Å²) in [4.78, 5) is 35.0. The summed E-state index contributed by atoms with van der Waals surface area (Å²) in [5.74, 6) is 1.15. The highest BCUT2D eigenvalue weighted by molar-refractivity contribution is 6.30. The number of fused-ring (bicyclic) bond motifs is 1. The van der Waals surface area contributed by atoms with E-state index in [0.717, 1.165) is 16.9 Å². The van der Waals surface area contributed by atoms with E-state index in [9.17, 15) is 9.59 Å². The number of aromatic nitrogens is 4. The second-order valence-corrected chi connectivity index (χ2v) is 7.14. The highest BCUT2D eigenvalue weighted by Crippen LogP contribution is 2.20. The molecule has 0 aliphatic carbocycles. The summed E-state index contributed by atoms with van der Waals surface area (Å²) in [6, 6.07) is 14.3. The van der Waals surface area contributed by atoms with Gasteiger partial charge in [0.2, 0.25) is 0 Å². The maximum Gasteiger partial charge on any atom is 0.332 e. The summed E-state index contributed by atoms with van der Waals surface area (Å²) in [5, 5.41) is 0.887. The van der Waals surface area contributed by atoms with Crippen molar-refractivity contribution >= 4 is 22.6 Å². The Balaban J connectivity index is 1.86. The van der Waals surface area contributed by atoms with Crippen molar-refractivity contribution in [3.05, 3.63) is 86.2 Å². The van der Waals surface area contributed by atoms with Crippen molar-refractivity contribution in [2.75, 3.05) is 7.11 Å². The molecule has 0 saturated heterocycles. The number of methoxy groups -OCH3 is 1. The predicted octanol–water partition coefficient (Wildman–Crippen LogP) is 3.35. The summed E-state index contributed by atoms with van der Waals surface area (Å²) in [7, 11) is 1.59. The minimum Gasteiger partial charge on any atom is -0.497 e. The number of hydrogen-bond acceptors (Lipinski definition) is 5. The molecule has 0 amide bonds. The van der Waals surface area contributed by atoms with Crippen molar-refractivity contribution in [3.63, 3.8) is 0 Å². The van der Waals surface area contributed by atoms with Gasteiger partial charge >= 0.3 is 5.69 Å². The fourth-order valence-electron chi connectivity index (χ4n) is 3.27. The van der Waals surface area contributed by atoms with Crippen LogP contribution in [0, 0.1) is 0 Å². The van der Waals surface area contributed by atoms with Crippen LogP contribution >= 0.6 is 11.6 Å². The molecule has 0 aliphatic rings. The van der Waals surface area contributed by atoms with Crippen LogP contribution in [0.5, 0.6) is 5.75 Å². The van der Waals surface area contributed by atoms with Crippen molar-refractivity contribution < 1.29 is 4.74 Å². The molecule has 0 saturated carbocycles. The molecule has 0 atom stereocenters. The van der Waals surface area contributed by atoms with Gasteiger partial charge in [0.15, 0.2) is 11.5 Å². The molecule has 7 nitrogen and oxygen atoms in total. The number of halogens is 1. The largest absolute Gasteiger partial charge is 0.497 e. The quantitative estimate of drug-likeness (QED) is 0.492. The third kappa shape index (κ3) is 3.59. The predicted molar refractivity (Wildman–Crippen MR) is 116 cm³/mol. The fourth-order valence-corrected chi connectivity index (χ4v) is 3.40. The van der Waals surface area contributed by atoms with Gasteiger partial charge in [0, 0.05) is 23.3 Å². The van der Waals surface area contributed by atoms with Gasteiger partial charge < -0.3 is 4.74 Å². The van der Waals surface area contributed by atoms with Crippen molar-refractivity contribution in [1.82, 2.24) is 19.1 Å². The molecule has 0 N–H and O–H groups in total. The van der Waals surface area contributed by atoms with Gasteiger partial charge in [-0.05, 0) is 48.9 Å². The Morgan fingerprint density at radius 2 is 1.70 bits per heavy atom. The van der Waals surface area contributed by atoms with Gasteiger partial charge in [-0.1, -0.05) is 23.7 Å². The van der Waals surface area contributed by atoms with Gasteiger partial charge in [-0.3, -0.25) is 13.9 Å². The number of nitrogens with zero attached hydrogens (tertiary/aromatic N) is 4. The molecular formula is C22H19ClN4O3. The van der Waals surface area contributed by atoms with Crippen LogP contribution in [0.2, 0.25) is 5.02 Å². The maximum absolute atomic E-state index is 13.1. The number of hydrogen-bond donors (Lipinski definition) is 0. The van der Waals surface area contributed by atoms with Crippen molar-refractivity contribution in [2.45, 2.75) is 20.0 Å². The van der Waals surface area contributed by atoms with Crippen molar-refractivity contribution in [3.8, 4) is 17.1 Å². The average Bonchev–Trinajstić information content (AvgIpc) is 2.78. The first-order valence-corrected chi connectivity index (χ1v) is 9.79. The fraction of sp³-hybridized carbons (Fsp3) is 0.182. The second kappa shape index (κ2) is 8.12. The number of aryl methyl sites for hydroxylation is 1. The molecular weight excluding hydrogens is 404 g/mol. The topological polar surface area (TPSA) is 79.0 Å². The van der Waals surface area contributed by atoms with E-state index in [1.54, 1.807) is 43.5 Å². The monoisotopic (exact) mass is 422 g/mol. The van der Waals surface area contributed by atoms with Gasteiger partial charge in [0.1, 0.15) is 11.1 Å². The molecule has 152 valence electrons. The Labute approximate surface area is 177 Å². The first-order valence-electron chi connectivity index (χ1n) is 9.41. The molecule has 0 radical (unpaired) electrons. The van der Waals surface area contributed by atoms with Crippen molar-refractivity contribution in [2.24, 2.45) is 0 Å². The van der Waals surface area contributed by atoms with Crippen LogP contribution in [0.4, 0.5) is 0 Å². The minimum absolute atomic E-state index is 0.144. The van der Waals surface area contributed by atoms with Gasteiger partial charge in [-0.2, -0.15) is 0 Å². The summed E-state index contributed by atoms with van der Waals surface area (Å²) < 4.78 is 7.86. The lowest BCUT2D eigenvalue weighted by molar-refractivity contribution is 0.415. The Kier molecular flexibility index (Phi) is 5.37. The average molecular weight is 423 g/mol.